The van der Waals surface area contributed by atoms with Gasteiger partial charge in [-0.25, -0.2) is 9.97 Å². The van der Waals surface area contributed by atoms with E-state index in [0.29, 0.717) is 0 Å². The fraction of sp³-hybridized carbons (Fsp3) is 0.0732. The quantitative estimate of drug-likeness (QED) is 0.201. The van der Waals surface area contributed by atoms with Crippen molar-refractivity contribution < 1.29 is 0 Å². The lowest BCUT2D eigenvalue weighted by Crippen LogP contribution is -2.14. The van der Waals surface area contributed by atoms with Crippen LogP contribution >= 0.6 is 0 Å². The Kier molecular flexibility index (Phi) is 4.99. The van der Waals surface area contributed by atoms with Gasteiger partial charge in [-0.1, -0.05) is 129 Å². The minimum absolute atomic E-state index is 0.0391. The number of aromatic nitrogens is 2. The van der Waals surface area contributed by atoms with E-state index in [0.717, 1.165) is 33.5 Å². The Morgan fingerprint density at radius 1 is 0.465 bits per heavy atom. The molecule has 0 atom stereocenters. The second-order valence-electron chi connectivity index (χ2n) is 12.2. The van der Waals surface area contributed by atoms with Gasteiger partial charge in [-0.15, -0.1) is 0 Å². The third-order valence-corrected chi connectivity index (χ3v) is 9.42. The molecule has 0 bridgehead atoms. The van der Waals surface area contributed by atoms with Crippen LogP contribution in [0.5, 0.6) is 0 Å². The molecule has 2 nitrogen and oxygen atoms in total. The average Bonchev–Trinajstić information content (AvgIpc) is 3.30. The topological polar surface area (TPSA) is 25.8 Å². The Labute approximate surface area is 250 Å². The van der Waals surface area contributed by atoms with Crippen LogP contribution in [0.25, 0.3) is 77.0 Å². The summed E-state index contributed by atoms with van der Waals surface area (Å²) in [5.74, 6) is 0. The van der Waals surface area contributed by atoms with Crippen LogP contribution in [-0.2, 0) is 5.41 Å². The molecule has 1 aliphatic rings. The zero-order valence-corrected chi connectivity index (χ0v) is 24.1. The summed E-state index contributed by atoms with van der Waals surface area (Å²) in [6.45, 7) is 4.71. The van der Waals surface area contributed by atoms with E-state index in [4.69, 9.17) is 9.97 Å². The molecule has 0 aliphatic heterocycles. The molecular weight excluding hydrogens is 520 g/mol. The van der Waals surface area contributed by atoms with E-state index >= 15 is 0 Å². The first-order chi connectivity index (χ1) is 21.1. The smallest absolute Gasteiger partial charge is 0.0973 e. The van der Waals surface area contributed by atoms with Crippen LogP contribution in [0, 0.1) is 0 Å². The van der Waals surface area contributed by atoms with E-state index in [-0.39, 0.29) is 5.41 Å². The van der Waals surface area contributed by atoms with Gasteiger partial charge in [0.05, 0.1) is 22.4 Å². The molecule has 0 radical (unpaired) electrons. The molecule has 0 saturated heterocycles. The lowest BCUT2D eigenvalue weighted by Gasteiger charge is -2.21. The Morgan fingerprint density at radius 2 is 1.07 bits per heavy atom. The van der Waals surface area contributed by atoms with Crippen molar-refractivity contribution >= 4 is 43.4 Å². The van der Waals surface area contributed by atoms with E-state index in [1.807, 2.05) is 30.3 Å². The van der Waals surface area contributed by atoms with Crippen LogP contribution in [0.2, 0.25) is 0 Å². The summed E-state index contributed by atoms with van der Waals surface area (Å²) in [4.78, 5) is 10.3. The van der Waals surface area contributed by atoms with Crippen LogP contribution in [0.1, 0.15) is 25.0 Å². The minimum Gasteiger partial charge on any atom is -0.244 e. The maximum Gasteiger partial charge on any atom is 0.0973 e. The Balaban J connectivity index is 1.34. The van der Waals surface area contributed by atoms with Crippen molar-refractivity contribution in [3.8, 4) is 33.6 Å². The first kappa shape index (κ1) is 24.3. The van der Waals surface area contributed by atoms with Gasteiger partial charge < -0.3 is 0 Å². The maximum absolute atomic E-state index is 5.17. The van der Waals surface area contributed by atoms with E-state index in [9.17, 15) is 0 Å². The lowest BCUT2D eigenvalue weighted by molar-refractivity contribution is 0.661. The summed E-state index contributed by atoms with van der Waals surface area (Å²) in [5.41, 5.74) is 11.3. The second-order valence-corrected chi connectivity index (χ2v) is 12.2. The zero-order chi connectivity index (χ0) is 28.7. The van der Waals surface area contributed by atoms with Crippen LogP contribution in [0.4, 0.5) is 0 Å². The summed E-state index contributed by atoms with van der Waals surface area (Å²) >= 11 is 0. The van der Waals surface area contributed by atoms with E-state index in [1.165, 1.54) is 54.6 Å². The van der Waals surface area contributed by atoms with Crippen LogP contribution in [0.3, 0.4) is 0 Å². The molecule has 0 unspecified atom stereocenters. The molecule has 0 amide bonds. The predicted octanol–water partition coefficient (Wildman–Crippen LogP) is 10.7. The van der Waals surface area contributed by atoms with Gasteiger partial charge in [0, 0.05) is 16.5 Å². The largest absolute Gasteiger partial charge is 0.244 e. The molecule has 0 saturated carbocycles. The summed E-state index contributed by atoms with van der Waals surface area (Å²) in [5, 5.41) is 7.67. The zero-order valence-electron chi connectivity index (χ0n) is 24.1. The molecule has 43 heavy (non-hydrogen) atoms. The molecule has 9 rings (SSSR count). The van der Waals surface area contributed by atoms with Gasteiger partial charge in [-0.05, 0) is 72.8 Å². The van der Waals surface area contributed by atoms with E-state index in [1.54, 1.807) is 0 Å². The highest BCUT2D eigenvalue weighted by molar-refractivity contribution is 6.25. The summed E-state index contributed by atoms with van der Waals surface area (Å²) in [6, 6.07) is 48.0. The number of nitrogens with zero attached hydrogens (tertiary/aromatic N) is 2. The SMILES string of the molecule is CC1(C)c2ccccc2-c2c1ccc1ccc3ccc4cc(-c5nc6ccccc6nc5-c5ccccc5)ccc4c3c21. The van der Waals surface area contributed by atoms with Gasteiger partial charge in [0.1, 0.15) is 0 Å². The highest BCUT2D eigenvalue weighted by atomic mass is 14.8. The number of fused-ring (bicyclic) bond motifs is 10. The Morgan fingerprint density at radius 3 is 1.84 bits per heavy atom. The molecule has 2 heteroatoms. The predicted molar refractivity (Wildman–Crippen MR) is 180 cm³/mol. The monoisotopic (exact) mass is 548 g/mol. The van der Waals surface area contributed by atoms with Crippen molar-refractivity contribution in [2.75, 3.05) is 0 Å². The van der Waals surface area contributed by atoms with Crippen molar-refractivity contribution in [1.82, 2.24) is 9.97 Å². The fourth-order valence-electron chi connectivity index (χ4n) is 7.31. The molecule has 1 heterocycles. The minimum atomic E-state index is -0.0391. The van der Waals surface area contributed by atoms with Crippen molar-refractivity contribution in [3.63, 3.8) is 0 Å². The Hall–Kier alpha value is -5.34. The number of benzene rings is 7. The highest BCUT2D eigenvalue weighted by Crippen LogP contribution is 2.53. The Bertz CT molecular complexity index is 2420. The van der Waals surface area contributed by atoms with Gasteiger partial charge in [0.15, 0.2) is 0 Å². The normalized spacial score (nSPS) is 13.5. The maximum atomic E-state index is 5.17. The first-order valence-electron chi connectivity index (χ1n) is 14.9. The molecule has 7 aromatic carbocycles. The van der Waals surface area contributed by atoms with Gasteiger partial charge in [-0.2, -0.15) is 0 Å². The van der Waals surface area contributed by atoms with Crippen molar-refractivity contribution in [1.29, 1.82) is 0 Å². The molecule has 8 aromatic rings. The third-order valence-electron chi connectivity index (χ3n) is 9.42. The van der Waals surface area contributed by atoms with Gasteiger partial charge in [0.2, 0.25) is 0 Å². The van der Waals surface area contributed by atoms with Crippen LogP contribution < -0.4 is 0 Å². The average molecular weight is 549 g/mol. The fourth-order valence-corrected chi connectivity index (χ4v) is 7.31. The molecule has 0 spiro atoms. The van der Waals surface area contributed by atoms with Crippen molar-refractivity contribution in [2.45, 2.75) is 19.3 Å². The molecule has 202 valence electrons. The number of para-hydroxylation sites is 2. The van der Waals surface area contributed by atoms with Gasteiger partial charge in [-0.3, -0.25) is 0 Å². The van der Waals surface area contributed by atoms with Crippen LogP contribution in [0.15, 0.2) is 133 Å². The van der Waals surface area contributed by atoms with Gasteiger partial charge >= 0.3 is 0 Å². The van der Waals surface area contributed by atoms with Crippen molar-refractivity contribution in [3.05, 3.63) is 145 Å². The highest BCUT2D eigenvalue weighted by Gasteiger charge is 2.36. The van der Waals surface area contributed by atoms with Gasteiger partial charge in [0.25, 0.3) is 0 Å². The third kappa shape index (κ3) is 3.47. The molecule has 1 aliphatic carbocycles. The lowest BCUT2D eigenvalue weighted by atomic mass is 9.81. The van der Waals surface area contributed by atoms with E-state index < -0.39 is 0 Å². The number of hydrogen-bond acceptors (Lipinski definition) is 2. The van der Waals surface area contributed by atoms with Crippen LogP contribution in [-0.4, -0.2) is 9.97 Å². The molecule has 0 N–H and O–H groups in total. The van der Waals surface area contributed by atoms with Crippen molar-refractivity contribution in [2.24, 2.45) is 0 Å². The first-order valence-corrected chi connectivity index (χ1v) is 14.9. The molecule has 1 aromatic heterocycles. The number of rotatable bonds is 2. The summed E-state index contributed by atoms with van der Waals surface area (Å²) in [6.07, 6.45) is 0. The standard InChI is InChI=1S/C41H28N2/c1-41(2)32-13-7-6-12-31(32)38-33(41)23-21-26-17-16-25-18-19-28-24-29(20-22-30(28)36(25)37(26)38)40-39(27-10-4-3-5-11-27)42-34-14-8-9-15-35(34)43-40/h3-24H,1-2H3. The summed E-state index contributed by atoms with van der Waals surface area (Å²) in [7, 11) is 0. The van der Waals surface area contributed by atoms with E-state index in [2.05, 4.69) is 117 Å². The number of hydrogen-bond donors (Lipinski definition) is 0. The second kappa shape index (κ2) is 8.83. The summed E-state index contributed by atoms with van der Waals surface area (Å²) < 4.78 is 0. The molecular formula is C41H28N2. The molecule has 0 fully saturated rings.